The predicted molar refractivity (Wildman–Crippen MR) is 91.6 cm³/mol. The van der Waals surface area contributed by atoms with Gasteiger partial charge in [-0.1, -0.05) is 26.7 Å². The van der Waals surface area contributed by atoms with Crippen LogP contribution in [0.4, 0.5) is 0 Å². The SMILES string of the molecule is CC(C)c1nnc2n1CCN(C(=O)[C@H]1CC(=O)N(C3CCCC3)C1)C2. The van der Waals surface area contributed by atoms with Gasteiger partial charge < -0.3 is 14.4 Å². The third kappa shape index (κ3) is 2.93. The molecule has 0 spiro atoms. The van der Waals surface area contributed by atoms with E-state index in [0.29, 0.717) is 38.0 Å². The van der Waals surface area contributed by atoms with Crippen molar-refractivity contribution in [3.63, 3.8) is 0 Å². The largest absolute Gasteiger partial charge is 0.339 e. The summed E-state index contributed by atoms with van der Waals surface area (Å²) in [5, 5.41) is 8.55. The lowest BCUT2D eigenvalue weighted by molar-refractivity contribution is -0.137. The number of nitrogens with zero attached hydrogens (tertiary/aromatic N) is 5. The van der Waals surface area contributed by atoms with Crippen molar-refractivity contribution in [3.8, 4) is 0 Å². The first-order chi connectivity index (χ1) is 12.0. The first-order valence-electron chi connectivity index (χ1n) is 9.55. The fraction of sp³-hybridized carbons (Fsp3) is 0.778. The molecule has 0 aromatic carbocycles. The lowest BCUT2D eigenvalue weighted by atomic mass is 10.1. The van der Waals surface area contributed by atoms with Gasteiger partial charge in [-0.05, 0) is 12.8 Å². The summed E-state index contributed by atoms with van der Waals surface area (Å²) in [5.74, 6) is 2.26. The van der Waals surface area contributed by atoms with Gasteiger partial charge in [0.25, 0.3) is 0 Å². The van der Waals surface area contributed by atoms with Crippen LogP contribution in [-0.4, -0.2) is 55.5 Å². The van der Waals surface area contributed by atoms with Crippen LogP contribution >= 0.6 is 0 Å². The smallest absolute Gasteiger partial charge is 0.228 e. The lowest BCUT2D eigenvalue weighted by Crippen LogP contribution is -2.43. The molecule has 1 aromatic heterocycles. The second-order valence-electron chi connectivity index (χ2n) is 7.93. The van der Waals surface area contributed by atoms with E-state index in [-0.39, 0.29) is 17.7 Å². The Kier molecular flexibility index (Phi) is 4.25. The Morgan fingerprint density at radius 3 is 2.64 bits per heavy atom. The molecule has 1 aliphatic carbocycles. The Labute approximate surface area is 148 Å². The predicted octanol–water partition coefficient (Wildman–Crippen LogP) is 1.53. The first kappa shape index (κ1) is 16.5. The Morgan fingerprint density at radius 1 is 1.16 bits per heavy atom. The van der Waals surface area contributed by atoms with Crippen molar-refractivity contribution in [2.75, 3.05) is 13.1 Å². The van der Waals surface area contributed by atoms with Crippen molar-refractivity contribution >= 4 is 11.8 Å². The van der Waals surface area contributed by atoms with Gasteiger partial charge in [0.1, 0.15) is 5.82 Å². The zero-order valence-corrected chi connectivity index (χ0v) is 15.1. The van der Waals surface area contributed by atoms with E-state index >= 15 is 0 Å². The summed E-state index contributed by atoms with van der Waals surface area (Å²) in [6, 6.07) is 0.364. The second-order valence-corrected chi connectivity index (χ2v) is 7.93. The molecule has 1 atom stereocenters. The second kappa shape index (κ2) is 6.42. The third-order valence-electron chi connectivity index (χ3n) is 5.88. The number of likely N-dealkylation sites (tertiary alicyclic amines) is 1. The summed E-state index contributed by atoms with van der Waals surface area (Å²) in [4.78, 5) is 29.1. The maximum absolute atomic E-state index is 12.9. The number of carbonyl (C=O) groups is 2. The fourth-order valence-electron chi connectivity index (χ4n) is 4.52. The Balaban J connectivity index is 1.42. The van der Waals surface area contributed by atoms with Crippen molar-refractivity contribution in [3.05, 3.63) is 11.6 Å². The van der Waals surface area contributed by atoms with Gasteiger partial charge in [0, 0.05) is 38.0 Å². The topological polar surface area (TPSA) is 71.3 Å². The number of amides is 2. The highest BCUT2D eigenvalue weighted by atomic mass is 16.2. The number of carbonyl (C=O) groups excluding carboxylic acids is 2. The molecule has 2 aliphatic heterocycles. The Morgan fingerprint density at radius 2 is 1.92 bits per heavy atom. The van der Waals surface area contributed by atoms with E-state index in [1.807, 2.05) is 9.80 Å². The summed E-state index contributed by atoms with van der Waals surface area (Å²) in [5.41, 5.74) is 0. The molecule has 0 bridgehead atoms. The highest BCUT2D eigenvalue weighted by Crippen LogP contribution is 2.31. The summed E-state index contributed by atoms with van der Waals surface area (Å²) in [6.45, 7) is 6.74. The zero-order valence-electron chi connectivity index (χ0n) is 15.1. The zero-order chi connectivity index (χ0) is 17.6. The monoisotopic (exact) mass is 345 g/mol. The average molecular weight is 345 g/mol. The van der Waals surface area contributed by atoms with E-state index in [1.165, 1.54) is 12.8 Å². The normalized spacial score (nSPS) is 24.4. The minimum Gasteiger partial charge on any atom is -0.339 e. The Bertz CT molecular complexity index is 677. The summed E-state index contributed by atoms with van der Waals surface area (Å²) < 4.78 is 2.14. The molecular weight excluding hydrogens is 318 g/mol. The van der Waals surface area contributed by atoms with Gasteiger partial charge in [-0.2, -0.15) is 0 Å². The van der Waals surface area contributed by atoms with E-state index in [0.717, 1.165) is 31.0 Å². The molecule has 2 amide bonds. The maximum Gasteiger partial charge on any atom is 0.228 e. The van der Waals surface area contributed by atoms with E-state index in [4.69, 9.17) is 0 Å². The molecule has 1 saturated carbocycles. The minimum absolute atomic E-state index is 0.106. The fourth-order valence-corrected chi connectivity index (χ4v) is 4.52. The van der Waals surface area contributed by atoms with Crippen LogP contribution in [0.15, 0.2) is 0 Å². The van der Waals surface area contributed by atoms with Crippen molar-refractivity contribution in [2.45, 2.75) is 71.0 Å². The molecule has 136 valence electrons. The minimum atomic E-state index is -0.188. The first-order valence-corrected chi connectivity index (χ1v) is 9.55. The van der Waals surface area contributed by atoms with Gasteiger partial charge in [-0.15, -0.1) is 10.2 Å². The maximum atomic E-state index is 12.9. The molecule has 0 N–H and O–H groups in total. The quantitative estimate of drug-likeness (QED) is 0.833. The van der Waals surface area contributed by atoms with Gasteiger partial charge in [0.15, 0.2) is 5.82 Å². The average Bonchev–Trinajstić information content (AvgIpc) is 3.32. The van der Waals surface area contributed by atoms with Crippen molar-refractivity contribution < 1.29 is 9.59 Å². The highest BCUT2D eigenvalue weighted by molar-refractivity contribution is 5.89. The van der Waals surface area contributed by atoms with Crippen LogP contribution in [0.2, 0.25) is 0 Å². The summed E-state index contributed by atoms with van der Waals surface area (Å²) >= 11 is 0. The molecule has 2 fully saturated rings. The van der Waals surface area contributed by atoms with Crippen LogP contribution in [0.1, 0.15) is 63.5 Å². The molecule has 1 saturated heterocycles. The van der Waals surface area contributed by atoms with Gasteiger partial charge in [0.2, 0.25) is 11.8 Å². The van der Waals surface area contributed by atoms with Crippen molar-refractivity contribution in [1.29, 1.82) is 0 Å². The van der Waals surface area contributed by atoms with Gasteiger partial charge in [0.05, 0.1) is 12.5 Å². The van der Waals surface area contributed by atoms with Crippen molar-refractivity contribution in [2.24, 2.45) is 5.92 Å². The molecule has 25 heavy (non-hydrogen) atoms. The van der Waals surface area contributed by atoms with E-state index in [9.17, 15) is 9.59 Å². The van der Waals surface area contributed by atoms with Crippen LogP contribution in [-0.2, 0) is 22.7 Å². The number of hydrogen-bond donors (Lipinski definition) is 0. The number of fused-ring (bicyclic) bond motifs is 1. The van der Waals surface area contributed by atoms with E-state index in [1.54, 1.807) is 0 Å². The van der Waals surface area contributed by atoms with Crippen LogP contribution in [0.5, 0.6) is 0 Å². The van der Waals surface area contributed by atoms with Gasteiger partial charge >= 0.3 is 0 Å². The van der Waals surface area contributed by atoms with Gasteiger partial charge in [-0.25, -0.2) is 0 Å². The molecule has 3 aliphatic rings. The van der Waals surface area contributed by atoms with Crippen molar-refractivity contribution in [1.82, 2.24) is 24.6 Å². The molecular formula is C18H27N5O2. The summed E-state index contributed by atoms with van der Waals surface area (Å²) in [7, 11) is 0. The van der Waals surface area contributed by atoms with E-state index < -0.39 is 0 Å². The molecule has 4 rings (SSSR count). The molecule has 0 radical (unpaired) electrons. The molecule has 3 heterocycles. The number of rotatable bonds is 3. The number of hydrogen-bond acceptors (Lipinski definition) is 4. The third-order valence-corrected chi connectivity index (χ3v) is 5.88. The molecule has 7 heteroatoms. The molecule has 7 nitrogen and oxygen atoms in total. The van der Waals surface area contributed by atoms with Crippen LogP contribution in [0.3, 0.4) is 0 Å². The molecule has 1 aromatic rings. The highest BCUT2D eigenvalue weighted by Gasteiger charge is 2.40. The molecule has 0 unspecified atom stereocenters. The van der Waals surface area contributed by atoms with Crippen LogP contribution < -0.4 is 0 Å². The van der Waals surface area contributed by atoms with Crippen LogP contribution in [0.25, 0.3) is 0 Å². The van der Waals surface area contributed by atoms with Gasteiger partial charge in [-0.3, -0.25) is 9.59 Å². The lowest BCUT2D eigenvalue weighted by Gasteiger charge is -2.30. The van der Waals surface area contributed by atoms with E-state index in [2.05, 4.69) is 28.6 Å². The summed E-state index contributed by atoms with van der Waals surface area (Å²) in [6.07, 6.45) is 4.96. The van der Waals surface area contributed by atoms with Crippen LogP contribution in [0, 0.1) is 5.92 Å². The Hall–Kier alpha value is -1.92. The number of aromatic nitrogens is 3. The standard InChI is InChI=1S/C18H27N5O2/c1-12(2)17-20-19-15-11-21(7-8-22(15)17)18(25)13-9-16(24)23(10-13)14-5-3-4-6-14/h12-14H,3-11H2,1-2H3/t13-/m0/s1.